The zero-order valence-electron chi connectivity index (χ0n) is 14.5. The van der Waals surface area contributed by atoms with Crippen molar-refractivity contribution in [3.8, 4) is 11.3 Å². The summed E-state index contributed by atoms with van der Waals surface area (Å²) in [4.78, 5) is 13.7. The van der Waals surface area contributed by atoms with Gasteiger partial charge in [0, 0.05) is 29.1 Å². The van der Waals surface area contributed by atoms with Gasteiger partial charge in [0.2, 0.25) is 5.91 Å². The molecule has 0 unspecified atom stereocenters. The average Bonchev–Trinajstić information content (AvgIpc) is 3.17. The predicted molar refractivity (Wildman–Crippen MR) is 105 cm³/mol. The van der Waals surface area contributed by atoms with Crippen LogP contribution in [0.15, 0.2) is 76.0 Å². The van der Waals surface area contributed by atoms with E-state index in [4.69, 9.17) is 4.42 Å². The Hall–Kier alpha value is -2.46. The number of carbonyl (C=O) groups excluding carboxylic acids is 1. The molecule has 1 aliphatic heterocycles. The van der Waals surface area contributed by atoms with Gasteiger partial charge in [-0.2, -0.15) is 0 Å². The lowest BCUT2D eigenvalue weighted by Gasteiger charge is -2.25. The van der Waals surface area contributed by atoms with Gasteiger partial charge in [0.15, 0.2) is 0 Å². The van der Waals surface area contributed by atoms with Crippen LogP contribution in [0, 0.1) is 0 Å². The van der Waals surface area contributed by atoms with Gasteiger partial charge >= 0.3 is 0 Å². The first-order valence-corrected chi connectivity index (χ1v) is 9.93. The van der Waals surface area contributed by atoms with Crippen molar-refractivity contribution in [2.75, 3.05) is 5.75 Å². The summed E-state index contributed by atoms with van der Waals surface area (Å²) in [6.45, 7) is 0. The molecule has 4 heteroatoms. The molecule has 3 nitrogen and oxygen atoms in total. The summed E-state index contributed by atoms with van der Waals surface area (Å²) in [6.07, 6.45) is 2.03. The maximum atomic E-state index is 12.4. The van der Waals surface area contributed by atoms with Crippen LogP contribution >= 0.6 is 11.8 Å². The van der Waals surface area contributed by atoms with E-state index >= 15 is 0 Å². The molecule has 0 saturated carbocycles. The van der Waals surface area contributed by atoms with Gasteiger partial charge in [-0.3, -0.25) is 4.79 Å². The number of furan rings is 1. The van der Waals surface area contributed by atoms with Gasteiger partial charge < -0.3 is 9.73 Å². The number of hydrogen-bond acceptors (Lipinski definition) is 3. The minimum Gasteiger partial charge on any atom is -0.461 e. The highest BCUT2D eigenvalue weighted by molar-refractivity contribution is 7.99. The molecule has 3 aromatic rings. The highest BCUT2D eigenvalue weighted by atomic mass is 32.2. The summed E-state index contributed by atoms with van der Waals surface area (Å²) in [7, 11) is 0. The normalized spacial score (nSPS) is 16.1. The molecule has 0 fully saturated rings. The molecule has 1 atom stereocenters. The number of thioether (sulfide) groups is 1. The molecular weight excluding hydrogens is 342 g/mol. The van der Waals surface area contributed by atoms with Gasteiger partial charge in [-0.05, 0) is 30.2 Å². The number of amides is 1. The van der Waals surface area contributed by atoms with Crippen molar-refractivity contribution >= 4 is 17.7 Å². The van der Waals surface area contributed by atoms with Gasteiger partial charge in [-0.1, -0.05) is 48.5 Å². The number of aryl methyl sites for hydroxylation is 1. The summed E-state index contributed by atoms with van der Waals surface area (Å²) in [5.41, 5.74) is 2.29. The van der Waals surface area contributed by atoms with E-state index in [9.17, 15) is 4.79 Å². The zero-order chi connectivity index (χ0) is 17.8. The average molecular weight is 363 g/mol. The standard InChI is InChI=1S/C22H21NO2S/c24-22(23-19-14-15-26-21-9-5-4-8-18(19)21)13-11-17-10-12-20(25-17)16-6-2-1-3-7-16/h1-10,12,19H,11,13-15H2,(H,23,24)/t19-/m1/s1. The van der Waals surface area contributed by atoms with Gasteiger partial charge in [0.05, 0.1) is 6.04 Å². The van der Waals surface area contributed by atoms with Crippen molar-refractivity contribution in [1.29, 1.82) is 0 Å². The van der Waals surface area contributed by atoms with Crippen molar-refractivity contribution < 1.29 is 9.21 Å². The van der Waals surface area contributed by atoms with Crippen LogP contribution in [0.25, 0.3) is 11.3 Å². The molecule has 26 heavy (non-hydrogen) atoms. The SMILES string of the molecule is O=C(CCc1ccc(-c2ccccc2)o1)N[C@@H]1CCSc2ccccc21. The third-order valence-electron chi connectivity index (χ3n) is 4.61. The topological polar surface area (TPSA) is 42.2 Å². The first-order valence-electron chi connectivity index (χ1n) is 8.95. The van der Waals surface area contributed by atoms with E-state index in [2.05, 4.69) is 23.5 Å². The fourth-order valence-corrected chi connectivity index (χ4v) is 4.39. The van der Waals surface area contributed by atoms with Gasteiger partial charge in [0.25, 0.3) is 0 Å². The number of fused-ring (bicyclic) bond motifs is 1. The van der Waals surface area contributed by atoms with Crippen LogP contribution in [0.5, 0.6) is 0 Å². The Kier molecular flexibility index (Phi) is 5.12. The van der Waals surface area contributed by atoms with Crippen molar-refractivity contribution in [1.82, 2.24) is 5.32 Å². The fraction of sp³-hybridized carbons (Fsp3) is 0.227. The van der Waals surface area contributed by atoms with E-state index < -0.39 is 0 Å². The largest absolute Gasteiger partial charge is 0.461 e. The highest BCUT2D eigenvalue weighted by Crippen LogP contribution is 2.35. The van der Waals surface area contributed by atoms with E-state index in [0.29, 0.717) is 12.8 Å². The minimum atomic E-state index is 0.0781. The van der Waals surface area contributed by atoms with Gasteiger partial charge in [-0.25, -0.2) is 0 Å². The lowest BCUT2D eigenvalue weighted by Crippen LogP contribution is -2.30. The second kappa shape index (κ2) is 7.83. The van der Waals surface area contributed by atoms with Crippen LogP contribution in [0.4, 0.5) is 0 Å². The molecule has 1 amide bonds. The Morgan fingerprint density at radius 1 is 1.04 bits per heavy atom. The molecule has 0 aliphatic carbocycles. The van der Waals surface area contributed by atoms with Crippen LogP contribution in [0.3, 0.4) is 0 Å². The molecule has 1 aliphatic rings. The maximum absolute atomic E-state index is 12.4. The first-order chi connectivity index (χ1) is 12.8. The number of hydrogen-bond donors (Lipinski definition) is 1. The quantitative estimate of drug-likeness (QED) is 0.675. The highest BCUT2D eigenvalue weighted by Gasteiger charge is 2.21. The first kappa shape index (κ1) is 17.0. The Balaban J connectivity index is 1.35. The lowest BCUT2D eigenvalue weighted by molar-refractivity contribution is -0.121. The van der Waals surface area contributed by atoms with Gasteiger partial charge in [0.1, 0.15) is 11.5 Å². The number of carbonyl (C=O) groups is 1. The number of benzene rings is 2. The van der Waals surface area contributed by atoms with E-state index in [0.717, 1.165) is 29.3 Å². The van der Waals surface area contributed by atoms with E-state index in [1.54, 1.807) is 0 Å². The van der Waals surface area contributed by atoms with E-state index in [1.165, 1.54) is 10.5 Å². The Morgan fingerprint density at radius 2 is 1.85 bits per heavy atom. The number of rotatable bonds is 5. The predicted octanol–water partition coefficient (Wildman–Crippen LogP) is 5.23. The Morgan fingerprint density at radius 3 is 2.73 bits per heavy atom. The van der Waals surface area contributed by atoms with Gasteiger partial charge in [-0.15, -0.1) is 11.8 Å². The second-order valence-electron chi connectivity index (χ2n) is 6.43. The second-order valence-corrected chi connectivity index (χ2v) is 7.56. The van der Waals surface area contributed by atoms with Crippen LogP contribution in [0.2, 0.25) is 0 Å². The van der Waals surface area contributed by atoms with Crippen molar-refractivity contribution in [2.24, 2.45) is 0 Å². The summed E-state index contributed by atoms with van der Waals surface area (Å²) in [5, 5.41) is 3.19. The molecular formula is C22H21NO2S. The third kappa shape index (κ3) is 3.86. The summed E-state index contributed by atoms with van der Waals surface area (Å²) in [5.74, 6) is 2.81. The van der Waals surface area contributed by atoms with Crippen LogP contribution in [0.1, 0.15) is 30.2 Å². The molecule has 0 bridgehead atoms. The van der Waals surface area contributed by atoms with Crippen molar-refractivity contribution in [3.05, 3.63) is 78.1 Å². The molecule has 2 aromatic carbocycles. The molecule has 4 rings (SSSR count). The molecule has 0 spiro atoms. The fourth-order valence-electron chi connectivity index (χ4n) is 3.27. The summed E-state index contributed by atoms with van der Waals surface area (Å²) in [6, 6.07) is 22.4. The van der Waals surface area contributed by atoms with Crippen LogP contribution < -0.4 is 5.32 Å². The summed E-state index contributed by atoms with van der Waals surface area (Å²) >= 11 is 1.86. The monoisotopic (exact) mass is 363 g/mol. The maximum Gasteiger partial charge on any atom is 0.220 e. The molecule has 1 aromatic heterocycles. The lowest BCUT2D eigenvalue weighted by atomic mass is 10.0. The Labute approximate surface area is 157 Å². The van der Waals surface area contributed by atoms with Crippen molar-refractivity contribution in [2.45, 2.75) is 30.2 Å². The van der Waals surface area contributed by atoms with Crippen LogP contribution in [-0.2, 0) is 11.2 Å². The molecule has 132 valence electrons. The van der Waals surface area contributed by atoms with E-state index in [-0.39, 0.29) is 11.9 Å². The van der Waals surface area contributed by atoms with Crippen molar-refractivity contribution in [3.63, 3.8) is 0 Å². The third-order valence-corrected chi connectivity index (χ3v) is 5.73. The zero-order valence-corrected chi connectivity index (χ0v) is 15.3. The summed E-state index contributed by atoms with van der Waals surface area (Å²) < 4.78 is 5.88. The minimum absolute atomic E-state index is 0.0781. The number of nitrogens with one attached hydrogen (secondary N) is 1. The Bertz CT molecular complexity index is 888. The molecule has 0 saturated heterocycles. The molecule has 2 heterocycles. The van der Waals surface area contributed by atoms with Crippen LogP contribution in [-0.4, -0.2) is 11.7 Å². The smallest absolute Gasteiger partial charge is 0.220 e. The molecule has 0 radical (unpaired) electrons. The molecule has 1 N–H and O–H groups in total. The van der Waals surface area contributed by atoms with E-state index in [1.807, 2.05) is 60.3 Å².